The normalized spacial score (nSPS) is 23.8. The van der Waals surface area contributed by atoms with E-state index < -0.39 is 0 Å². The summed E-state index contributed by atoms with van der Waals surface area (Å²) in [7, 11) is 5.99. The highest BCUT2D eigenvalue weighted by Gasteiger charge is 2.29. The number of anilines is 1. The summed E-state index contributed by atoms with van der Waals surface area (Å²) in [5.74, 6) is 1.55. The van der Waals surface area contributed by atoms with Crippen LogP contribution in [0.25, 0.3) is 0 Å². The Labute approximate surface area is 97.4 Å². The van der Waals surface area contributed by atoms with Crippen LogP contribution >= 0.6 is 0 Å². The maximum atomic E-state index is 5.39. The lowest BCUT2D eigenvalue weighted by Crippen LogP contribution is -2.34. The van der Waals surface area contributed by atoms with Gasteiger partial charge in [0.1, 0.15) is 5.75 Å². The van der Waals surface area contributed by atoms with Crippen LogP contribution in [0.4, 0.5) is 5.69 Å². The number of para-hydroxylation sites is 1. The Morgan fingerprint density at radius 2 is 2.12 bits per heavy atom. The molecule has 1 aliphatic rings. The number of benzene rings is 1. The standard InChI is InChI=1S/C13H20N2O/c1-9-8-14-12-10(13(9)15(2)3)6-5-7-11(12)16-4/h5-7,9,13-14H,8H2,1-4H3. The topological polar surface area (TPSA) is 24.5 Å². The summed E-state index contributed by atoms with van der Waals surface area (Å²) in [5.41, 5.74) is 2.49. The predicted octanol–water partition coefficient (Wildman–Crippen LogP) is 2.36. The van der Waals surface area contributed by atoms with Crippen molar-refractivity contribution in [3.63, 3.8) is 0 Å². The van der Waals surface area contributed by atoms with Crippen molar-refractivity contribution in [2.24, 2.45) is 5.92 Å². The summed E-state index contributed by atoms with van der Waals surface area (Å²) < 4.78 is 5.39. The number of nitrogens with one attached hydrogen (secondary N) is 1. The number of rotatable bonds is 2. The van der Waals surface area contributed by atoms with Gasteiger partial charge >= 0.3 is 0 Å². The van der Waals surface area contributed by atoms with Crippen molar-refractivity contribution < 1.29 is 4.74 Å². The molecule has 1 aromatic rings. The summed E-state index contributed by atoms with van der Waals surface area (Å²) in [6.45, 7) is 3.27. The Hall–Kier alpha value is -1.22. The minimum atomic E-state index is 0.464. The SMILES string of the molecule is COc1cccc2c1NCC(C)C2N(C)C. The van der Waals surface area contributed by atoms with E-state index >= 15 is 0 Å². The highest BCUT2D eigenvalue weighted by molar-refractivity contribution is 5.64. The first-order chi connectivity index (χ1) is 7.65. The molecule has 88 valence electrons. The first-order valence-corrected chi connectivity index (χ1v) is 5.72. The smallest absolute Gasteiger partial charge is 0.142 e. The quantitative estimate of drug-likeness (QED) is 0.828. The van der Waals surface area contributed by atoms with E-state index in [4.69, 9.17) is 4.74 Å². The van der Waals surface area contributed by atoms with Crippen LogP contribution in [0.1, 0.15) is 18.5 Å². The minimum Gasteiger partial charge on any atom is -0.495 e. The lowest BCUT2D eigenvalue weighted by atomic mass is 9.88. The molecule has 1 heterocycles. The third kappa shape index (κ3) is 1.76. The van der Waals surface area contributed by atoms with Crippen LogP contribution in [0.3, 0.4) is 0 Å². The molecule has 3 heteroatoms. The number of fused-ring (bicyclic) bond motifs is 1. The van der Waals surface area contributed by atoms with E-state index in [1.807, 2.05) is 6.07 Å². The van der Waals surface area contributed by atoms with Crippen LogP contribution in [0.5, 0.6) is 5.75 Å². The van der Waals surface area contributed by atoms with Crippen molar-refractivity contribution in [3.8, 4) is 5.75 Å². The summed E-state index contributed by atoms with van der Waals surface area (Å²) >= 11 is 0. The Morgan fingerprint density at radius 1 is 1.38 bits per heavy atom. The maximum absolute atomic E-state index is 5.39. The second-order valence-electron chi connectivity index (χ2n) is 4.69. The molecule has 1 aliphatic heterocycles. The molecule has 2 rings (SSSR count). The number of hydrogen-bond donors (Lipinski definition) is 1. The van der Waals surface area contributed by atoms with Crippen molar-refractivity contribution in [2.75, 3.05) is 33.1 Å². The molecular weight excluding hydrogens is 200 g/mol. The largest absolute Gasteiger partial charge is 0.495 e. The van der Waals surface area contributed by atoms with Crippen LogP contribution in [-0.4, -0.2) is 32.6 Å². The van der Waals surface area contributed by atoms with Crippen LogP contribution in [0, 0.1) is 5.92 Å². The first kappa shape index (κ1) is 11.3. The van der Waals surface area contributed by atoms with Crippen LogP contribution < -0.4 is 10.1 Å². The van der Waals surface area contributed by atoms with Gasteiger partial charge in [-0.05, 0) is 31.6 Å². The average molecular weight is 220 g/mol. The fourth-order valence-electron chi connectivity index (χ4n) is 2.62. The summed E-state index contributed by atoms with van der Waals surface area (Å²) in [5, 5.41) is 3.47. The van der Waals surface area contributed by atoms with E-state index in [0.717, 1.165) is 18.0 Å². The van der Waals surface area contributed by atoms with Crippen LogP contribution in [0.15, 0.2) is 18.2 Å². The van der Waals surface area contributed by atoms with Gasteiger partial charge in [-0.1, -0.05) is 19.1 Å². The van der Waals surface area contributed by atoms with Gasteiger partial charge in [0.25, 0.3) is 0 Å². The number of nitrogens with zero attached hydrogens (tertiary/aromatic N) is 1. The first-order valence-electron chi connectivity index (χ1n) is 5.72. The molecule has 0 aromatic heterocycles. The van der Waals surface area contributed by atoms with Gasteiger partial charge in [-0.25, -0.2) is 0 Å². The van der Waals surface area contributed by atoms with Crippen molar-refractivity contribution >= 4 is 5.69 Å². The molecule has 16 heavy (non-hydrogen) atoms. The predicted molar refractivity (Wildman–Crippen MR) is 67.1 cm³/mol. The summed E-state index contributed by atoms with van der Waals surface area (Å²) in [4.78, 5) is 2.28. The van der Waals surface area contributed by atoms with E-state index in [9.17, 15) is 0 Å². The highest BCUT2D eigenvalue weighted by Crippen LogP contribution is 2.41. The summed E-state index contributed by atoms with van der Waals surface area (Å²) in [6.07, 6.45) is 0. The zero-order chi connectivity index (χ0) is 11.7. The molecule has 0 amide bonds. The maximum Gasteiger partial charge on any atom is 0.142 e. The van der Waals surface area contributed by atoms with Gasteiger partial charge in [-0.15, -0.1) is 0 Å². The fraction of sp³-hybridized carbons (Fsp3) is 0.538. The average Bonchev–Trinajstić information content (AvgIpc) is 2.27. The van der Waals surface area contributed by atoms with Crippen molar-refractivity contribution in [3.05, 3.63) is 23.8 Å². The van der Waals surface area contributed by atoms with E-state index in [-0.39, 0.29) is 0 Å². The molecule has 0 saturated carbocycles. The van der Waals surface area contributed by atoms with E-state index in [1.165, 1.54) is 5.56 Å². The van der Waals surface area contributed by atoms with E-state index in [1.54, 1.807) is 7.11 Å². The Bertz CT molecular complexity index is 376. The lowest BCUT2D eigenvalue weighted by molar-refractivity contribution is 0.224. The molecule has 0 bridgehead atoms. The molecule has 1 N–H and O–H groups in total. The molecule has 0 saturated heterocycles. The third-order valence-corrected chi connectivity index (χ3v) is 3.29. The second-order valence-corrected chi connectivity index (χ2v) is 4.69. The summed E-state index contributed by atoms with van der Waals surface area (Å²) in [6, 6.07) is 6.72. The lowest BCUT2D eigenvalue weighted by Gasteiger charge is -2.37. The van der Waals surface area contributed by atoms with Crippen LogP contribution in [-0.2, 0) is 0 Å². The van der Waals surface area contributed by atoms with Crippen molar-refractivity contribution in [1.82, 2.24) is 4.90 Å². The van der Waals surface area contributed by atoms with Crippen molar-refractivity contribution in [2.45, 2.75) is 13.0 Å². The highest BCUT2D eigenvalue weighted by atomic mass is 16.5. The Balaban J connectivity index is 2.48. The minimum absolute atomic E-state index is 0.464. The molecular formula is C13H20N2O. The van der Waals surface area contributed by atoms with Gasteiger partial charge < -0.3 is 15.0 Å². The molecule has 0 spiro atoms. The number of ether oxygens (including phenoxy) is 1. The monoisotopic (exact) mass is 220 g/mol. The Morgan fingerprint density at radius 3 is 2.75 bits per heavy atom. The third-order valence-electron chi connectivity index (χ3n) is 3.29. The second kappa shape index (κ2) is 4.34. The van der Waals surface area contributed by atoms with Gasteiger partial charge in [0, 0.05) is 12.6 Å². The van der Waals surface area contributed by atoms with Gasteiger partial charge in [-0.2, -0.15) is 0 Å². The van der Waals surface area contributed by atoms with Gasteiger partial charge in [-0.3, -0.25) is 0 Å². The van der Waals surface area contributed by atoms with E-state index in [2.05, 4.69) is 43.4 Å². The molecule has 0 fully saturated rings. The van der Waals surface area contributed by atoms with Gasteiger partial charge in [0.15, 0.2) is 0 Å². The Kier molecular flexibility index (Phi) is 3.06. The van der Waals surface area contributed by atoms with Gasteiger partial charge in [0.05, 0.1) is 12.8 Å². The zero-order valence-electron chi connectivity index (χ0n) is 10.4. The van der Waals surface area contributed by atoms with E-state index in [0.29, 0.717) is 12.0 Å². The molecule has 1 aromatic carbocycles. The van der Waals surface area contributed by atoms with Crippen LogP contribution in [0.2, 0.25) is 0 Å². The molecule has 3 nitrogen and oxygen atoms in total. The number of methoxy groups -OCH3 is 1. The van der Waals surface area contributed by atoms with Crippen molar-refractivity contribution in [1.29, 1.82) is 0 Å². The fourth-order valence-corrected chi connectivity index (χ4v) is 2.62. The molecule has 2 atom stereocenters. The number of hydrogen-bond acceptors (Lipinski definition) is 3. The van der Waals surface area contributed by atoms with Gasteiger partial charge in [0.2, 0.25) is 0 Å². The molecule has 0 aliphatic carbocycles. The molecule has 0 radical (unpaired) electrons. The molecule has 2 unspecified atom stereocenters. The zero-order valence-corrected chi connectivity index (χ0v) is 10.4.